The molecular weight excluding hydrogens is 382 g/mol. The summed E-state index contributed by atoms with van der Waals surface area (Å²) in [6, 6.07) is 12.9. The SMILES string of the molecule is CC(=O)Nc1ccc(CC(=O)Nc2ccc3nc(CN4CCOCC4)[nH]c3c2)cc1. The van der Waals surface area contributed by atoms with E-state index in [9.17, 15) is 9.59 Å². The molecule has 3 aromatic rings. The van der Waals surface area contributed by atoms with E-state index < -0.39 is 0 Å². The Bertz CT molecular complexity index is 1040. The molecule has 2 heterocycles. The van der Waals surface area contributed by atoms with E-state index in [-0.39, 0.29) is 18.2 Å². The van der Waals surface area contributed by atoms with Gasteiger partial charge < -0.3 is 20.4 Å². The van der Waals surface area contributed by atoms with Crippen molar-refractivity contribution >= 4 is 34.2 Å². The summed E-state index contributed by atoms with van der Waals surface area (Å²) < 4.78 is 5.38. The average Bonchev–Trinajstić information content (AvgIpc) is 3.11. The molecule has 8 heteroatoms. The quantitative estimate of drug-likeness (QED) is 0.583. The first-order valence-electron chi connectivity index (χ1n) is 10.0. The maximum absolute atomic E-state index is 12.4. The van der Waals surface area contributed by atoms with Gasteiger partial charge in [0.25, 0.3) is 0 Å². The van der Waals surface area contributed by atoms with Crippen LogP contribution in [0.3, 0.4) is 0 Å². The zero-order valence-corrected chi connectivity index (χ0v) is 16.9. The monoisotopic (exact) mass is 407 g/mol. The van der Waals surface area contributed by atoms with Gasteiger partial charge in [-0.15, -0.1) is 0 Å². The molecule has 4 rings (SSSR count). The lowest BCUT2D eigenvalue weighted by Crippen LogP contribution is -2.35. The lowest BCUT2D eigenvalue weighted by Gasteiger charge is -2.25. The molecule has 156 valence electrons. The first-order valence-corrected chi connectivity index (χ1v) is 10.0. The number of hydrogen-bond acceptors (Lipinski definition) is 5. The number of nitrogens with zero attached hydrogens (tertiary/aromatic N) is 2. The van der Waals surface area contributed by atoms with Gasteiger partial charge >= 0.3 is 0 Å². The first-order chi connectivity index (χ1) is 14.5. The second-order valence-electron chi connectivity index (χ2n) is 7.41. The molecule has 2 aromatic carbocycles. The van der Waals surface area contributed by atoms with E-state index in [0.717, 1.165) is 61.0 Å². The normalized spacial score (nSPS) is 14.6. The smallest absolute Gasteiger partial charge is 0.228 e. The number of hydrogen-bond donors (Lipinski definition) is 3. The van der Waals surface area contributed by atoms with Crippen molar-refractivity contribution in [3.63, 3.8) is 0 Å². The maximum Gasteiger partial charge on any atom is 0.228 e. The number of amides is 2. The topological polar surface area (TPSA) is 99.3 Å². The van der Waals surface area contributed by atoms with Gasteiger partial charge in [-0.2, -0.15) is 0 Å². The highest BCUT2D eigenvalue weighted by molar-refractivity contribution is 5.94. The molecular formula is C22H25N5O3. The number of imidazole rings is 1. The Morgan fingerprint density at radius 1 is 1.07 bits per heavy atom. The molecule has 30 heavy (non-hydrogen) atoms. The second kappa shape index (κ2) is 9.06. The molecule has 8 nitrogen and oxygen atoms in total. The summed E-state index contributed by atoms with van der Waals surface area (Å²) in [4.78, 5) is 33.8. The van der Waals surface area contributed by atoms with Crippen LogP contribution in [0.4, 0.5) is 11.4 Å². The van der Waals surface area contributed by atoms with Gasteiger partial charge in [0.2, 0.25) is 11.8 Å². The molecule has 0 aliphatic carbocycles. The van der Waals surface area contributed by atoms with Gasteiger partial charge in [-0.05, 0) is 35.9 Å². The third-order valence-electron chi connectivity index (χ3n) is 4.93. The molecule has 3 N–H and O–H groups in total. The van der Waals surface area contributed by atoms with Crippen molar-refractivity contribution in [3.05, 3.63) is 53.9 Å². The summed E-state index contributed by atoms with van der Waals surface area (Å²) in [5.74, 6) is 0.687. The lowest BCUT2D eigenvalue weighted by atomic mass is 10.1. The minimum atomic E-state index is -0.122. The summed E-state index contributed by atoms with van der Waals surface area (Å²) >= 11 is 0. The largest absolute Gasteiger partial charge is 0.379 e. The van der Waals surface area contributed by atoms with Crippen LogP contribution in [0.25, 0.3) is 11.0 Å². The van der Waals surface area contributed by atoms with E-state index in [1.54, 1.807) is 12.1 Å². The van der Waals surface area contributed by atoms with Gasteiger partial charge in [-0.25, -0.2) is 4.98 Å². The number of carbonyl (C=O) groups is 2. The molecule has 0 atom stereocenters. The van der Waals surface area contributed by atoms with Crippen molar-refractivity contribution < 1.29 is 14.3 Å². The second-order valence-corrected chi connectivity index (χ2v) is 7.41. The Hall–Kier alpha value is -3.23. The van der Waals surface area contributed by atoms with E-state index >= 15 is 0 Å². The van der Waals surface area contributed by atoms with Crippen molar-refractivity contribution in [2.45, 2.75) is 19.9 Å². The number of nitrogens with one attached hydrogen (secondary N) is 3. The fourth-order valence-electron chi connectivity index (χ4n) is 3.49. The zero-order chi connectivity index (χ0) is 20.9. The predicted octanol–water partition coefficient (Wildman–Crippen LogP) is 2.53. The summed E-state index contributed by atoms with van der Waals surface area (Å²) in [6.07, 6.45) is 0.254. The van der Waals surface area contributed by atoms with Crippen LogP contribution in [0, 0.1) is 0 Å². The third-order valence-corrected chi connectivity index (χ3v) is 4.93. The minimum absolute atomic E-state index is 0.102. The standard InChI is InChI=1S/C22H25N5O3/c1-15(28)23-17-4-2-16(3-5-17)12-22(29)24-18-6-7-19-20(13-18)26-21(25-19)14-27-8-10-30-11-9-27/h2-7,13H,8-12,14H2,1H3,(H,23,28)(H,24,29)(H,25,26). The highest BCUT2D eigenvalue weighted by atomic mass is 16.5. The van der Waals surface area contributed by atoms with Gasteiger partial charge in [0, 0.05) is 31.4 Å². The van der Waals surface area contributed by atoms with Crippen LogP contribution in [0.5, 0.6) is 0 Å². The molecule has 0 radical (unpaired) electrons. The highest BCUT2D eigenvalue weighted by Crippen LogP contribution is 2.19. The van der Waals surface area contributed by atoms with Crippen LogP contribution in [0.2, 0.25) is 0 Å². The van der Waals surface area contributed by atoms with Crippen molar-refractivity contribution in [2.24, 2.45) is 0 Å². The minimum Gasteiger partial charge on any atom is -0.379 e. The van der Waals surface area contributed by atoms with Crippen molar-refractivity contribution in [1.29, 1.82) is 0 Å². The number of aromatic nitrogens is 2. The van der Waals surface area contributed by atoms with E-state index in [1.165, 1.54) is 6.92 Å². The fourth-order valence-corrected chi connectivity index (χ4v) is 3.49. The van der Waals surface area contributed by atoms with Gasteiger partial charge in [0.1, 0.15) is 5.82 Å². The Balaban J connectivity index is 1.37. The number of benzene rings is 2. The van der Waals surface area contributed by atoms with E-state index in [4.69, 9.17) is 4.74 Å². The van der Waals surface area contributed by atoms with Gasteiger partial charge in [0.05, 0.1) is 37.2 Å². The number of rotatable bonds is 6. The number of aromatic amines is 1. The van der Waals surface area contributed by atoms with E-state index in [0.29, 0.717) is 5.69 Å². The Labute approximate surface area is 174 Å². The molecule has 0 saturated carbocycles. The van der Waals surface area contributed by atoms with Crippen molar-refractivity contribution in [2.75, 3.05) is 36.9 Å². The Kier molecular flexibility index (Phi) is 6.06. The fraction of sp³-hybridized carbons (Fsp3) is 0.318. The van der Waals surface area contributed by atoms with Crippen LogP contribution in [0.1, 0.15) is 18.3 Å². The highest BCUT2D eigenvalue weighted by Gasteiger charge is 2.13. The van der Waals surface area contributed by atoms with Gasteiger partial charge in [-0.1, -0.05) is 12.1 Å². The number of H-pyrrole nitrogens is 1. The summed E-state index contributed by atoms with van der Waals surface area (Å²) in [7, 11) is 0. The lowest BCUT2D eigenvalue weighted by molar-refractivity contribution is -0.116. The van der Waals surface area contributed by atoms with Crippen LogP contribution in [-0.2, 0) is 27.3 Å². The molecule has 1 aliphatic heterocycles. The molecule has 0 unspecified atom stereocenters. The van der Waals surface area contributed by atoms with Crippen LogP contribution in [-0.4, -0.2) is 53.0 Å². The van der Waals surface area contributed by atoms with Crippen molar-refractivity contribution in [1.82, 2.24) is 14.9 Å². The van der Waals surface area contributed by atoms with Crippen LogP contribution < -0.4 is 10.6 Å². The summed E-state index contributed by atoms with van der Waals surface area (Å²) in [6.45, 7) is 5.55. The number of carbonyl (C=O) groups excluding carboxylic acids is 2. The molecule has 1 aliphatic rings. The third kappa shape index (κ3) is 5.22. The predicted molar refractivity (Wildman–Crippen MR) is 115 cm³/mol. The molecule has 2 amide bonds. The number of ether oxygens (including phenoxy) is 1. The van der Waals surface area contributed by atoms with Crippen LogP contribution in [0.15, 0.2) is 42.5 Å². The van der Waals surface area contributed by atoms with E-state index in [1.807, 2.05) is 30.3 Å². The molecule has 0 spiro atoms. The summed E-state index contributed by atoms with van der Waals surface area (Å²) in [5.41, 5.74) is 4.09. The number of anilines is 2. The first kappa shape index (κ1) is 20.1. The average molecular weight is 407 g/mol. The van der Waals surface area contributed by atoms with Crippen LogP contribution >= 0.6 is 0 Å². The molecule has 1 fully saturated rings. The molecule has 0 bridgehead atoms. The molecule has 1 aromatic heterocycles. The maximum atomic E-state index is 12.4. The van der Waals surface area contributed by atoms with Gasteiger partial charge in [0.15, 0.2) is 0 Å². The number of morpholine rings is 1. The van der Waals surface area contributed by atoms with E-state index in [2.05, 4.69) is 25.5 Å². The zero-order valence-electron chi connectivity index (χ0n) is 16.9. The molecule has 1 saturated heterocycles. The summed E-state index contributed by atoms with van der Waals surface area (Å²) in [5, 5.41) is 5.65. The van der Waals surface area contributed by atoms with Crippen molar-refractivity contribution in [3.8, 4) is 0 Å². The number of fused-ring (bicyclic) bond motifs is 1. The Morgan fingerprint density at radius 3 is 2.53 bits per heavy atom. The Morgan fingerprint density at radius 2 is 1.80 bits per heavy atom. The van der Waals surface area contributed by atoms with Gasteiger partial charge in [-0.3, -0.25) is 14.5 Å².